The van der Waals surface area contributed by atoms with Gasteiger partial charge in [0.1, 0.15) is 5.75 Å². The summed E-state index contributed by atoms with van der Waals surface area (Å²) >= 11 is 4.93. The van der Waals surface area contributed by atoms with Gasteiger partial charge in [0.2, 0.25) is 10.7 Å². The Bertz CT molecular complexity index is 600. The fourth-order valence-corrected chi connectivity index (χ4v) is 2.10. The Morgan fingerprint density at radius 3 is 2.94 bits per heavy atom. The Hall–Kier alpha value is -1.95. The van der Waals surface area contributed by atoms with Crippen LogP contribution in [0.15, 0.2) is 24.3 Å². The van der Waals surface area contributed by atoms with Crippen LogP contribution < -0.4 is 10.5 Å². The second-order valence-corrected chi connectivity index (χ2v) is 4.19. The average molecular weight is 246 g/mol. The van der Waals surface area contributed by atoms with Gasteiger partial charge in [-0.3, -0.25) is 0 Å². The minimum atomic E-state index is -0.167. The molecule has 1 atom stereocenters. The van der Waals surface area contributed by atoms with E-state index in [2.05, 4.69) is 15.0 Å². The van der Waals surface area contributed by atoms with Crippen LogP contribution in [-0.4, -0.2) is 15.0 Å². The van der Waals surface area contributed by atoms with Gasteiger partial charge in [-0.15, -0.1) is 0 Å². The Morgan fingerprint density at radius 1 is 1.35 bits per heavy atom. The number of anilines is 1. The third-order valence-electron chi connectivity index (χ3n) is 2.64. The highest BCUT2D eigenvalue weighted by atomic mass is 32.1. The first-order chi connectivity index (χ1) is 8.22. The maximum atomic E-state index is 5.78. The molecular weight excluding hydrogens is 236 g/mol. The lowest BCUT2D eigenvalue weighted by Crippen LogP contribution is -2.11. The zero-order chi connectivity index (χ0) is 11.8. The molecule has 1 aromatic carbocycles. The fraction of sp³-hybridized carbons (Fsp3) is 0.182. The minimum absolute atomic E-state index is 0.167. The summed E-state index contributed by atoms with van der Waals surface area (Å²) < 4.78 is 6.01. The van der Waals surface area contributed by atoms with Crippen molar-refractivity contribution in [3.8, 4) is 5.75 Å². The van der Waals surface area contributed by atoms with Crippen molar-refractivity contribution in [2.24, 2.45) is 0 Å². The molecule has 0 amide bonds. The number of nitrogen functional groups attached to an aromatic ring is 1. The van der Waals surface area contributed by atoms with Gasteiger partial charge in [-0.1, -0.05) is 18.2 Å². The van der Waals surface area contributed by atoms with Gasteiger partial charge >= 0.3 is 0 Å². The molecule has 1 aliphatic rings. The molecular formula is C11H10N4OS. The van der Waals surface area contributed by atoms with Crippen molar-refractivity contribution >= 4 is 18.2 Å². The maximum absolute atomic E-state index is 5.78. The minimum Gasteiger partial charge on any atom is -0.482 e. The molecule has 0 bridgehead atoms. The van der Waals surface area contributed by atoms with E-state index < -0.39 is 0 Å². The Balaban J connectivity index is 1.96. The quantitative estimate of drug-likeness (QED) is 0.750. The highest BCUT2D eigenvalue weighted by molar-refractivity contribution is 7.71. The van der Waals surface area contributed by atoms with Gasteiger partial charge in [-0.25, -0.2) is 4.98 Å². The van der Waals surface area contributed by atoms with E-state index in [0.717, 1.165) is 17.7 Å². The van der Waals surface area contributed by atoms with Crippen LogP contribution in [0.4, 0.5) is 5.95 Å². The van der Waals surface area contributed by atoms with E-state index in [9.17, 15) is 0 Å². The number of H-pyrrole nitrogens is 1. The number of nitrogens with zero attached hydrogens (tertiary/aromatic N) is 2. The lowest BCUT2D eigenvalue weighted by Gasteiger charge is -2.09. The first-order valence-corrected chi connectivity index (χ1v) is 5.61. The molecule has 6 heteroatoms. The number of rotatable bonds is 1. The van der Waals surface area contributed by atoms with Gasteiger partial charge in [-0.2, -0.15) is 4.98 Å². The molecule has 2 heterocycles. The summed E-state index contributed by atoms with van der Waals surface area (Å²) in [5.74, 6) is 1.77. The van der Waals surface area contributed by atoms with Crippen molar-refractivity contribution in [3.63, 3.8) is 0 Å². The molecule has 0 saturated carbocycles. The third-order valence-corrected chi connectivity index (χ3v) is 2.82. The maximum Gasteiger partial charge on any atom is 0.224 e. The summed E-state index contributed by atoms with van der Waals surface area (Å²) in [4.78, 5) is 10.9. The number of hydrogen-bond donors (Lipinski definition) is 2. The second-order valence-electron chi connectivity index (χ2n) is 3.82. The molecule has 1 aliphatic heterocycles. The number of nitrogens with one attached hydrogen (secondary N) is 1. The summed E-state index contributed by atoms with van der Waals surface area (Å²) in [7, 11) is 0. The van der Waals surface area contributed by atoms with Gasteiger partial charge in [0.25, 0.3) is 0 Å². The summed E-state index contributed by atoms with van der Waals surface area (Å²) in [6, 6.07) is 7.90. The molecule has 0 fully saturated rings. The van der Waals surface area contributed by atoms with Crippen molar-refractivity contribution in [1.29, 1.82) is 0 Å². The van der Waals surface area contributed by atoms with Gasteiger partial charge in [0.15, 0.2) is 11.9 Å². The first kappa shape index (κ1) is 10.2. The van der Waals surface area contributed by atoms with E-state index in [4.69, 9.17) is 22.7 Å². The normalized spacial score (nSPS) is 17.5. The number of fused-ring (bicyclic) bond motifs is 1. The van der Waals surface area contributed by atoms with Crippen LogP contribution in [0.25, 0.3) is 0 Å². The van der Waals surface area contributed by atoms with Gasteiger partial charge in [0, 0.05) is 6.42 Å². The number of ether oxygens (including phenoxy) is 1. The Labute approximate surface area is 103 Å². The van der Waals surface area contributed by atoms with Crippen molar-refractivity contribution < 1.29 is 4.74 Å². The van der Waals surface area contributed by atoms with Crippen molar-refractivity contribution in [3.05, 3.63) is 40.4 Å². The topological polar surface area (TPSA) is 76.8 Å². The highest BCUT2D eigenvalue weighted by Gasteiger charge is 2.25. The molecule has 86 valence electrons. The SMILES string of the molecule is Nc1nc(=S)nc(C2Cc3ccccc3O2)[nH]1. The molecule has 1 unspecified atom stereocenters. The summed E-state index contributed by atoms with van der Waals surface area (Å²) in [6.45, 7) is 0. The number of para-hydroxylation sites is 1. The Kier molecular flexibility index (Phi) is 2.29. The van der Waals surface area contributed by atoms with Gasteiger partial charge in [-0.05, 0) is 23.8 Å². The number of benzene rings is 1. The van der Waals surface area contributed by atoms with Crippen LogP contribution in [-0.2, 0) is 6.42 Å². The zero-order valence-electron chi connectivity index (χ0n) is 8.88. The van der Waals surface area contributed by atoms with Gasteiger partial charge in [0.05, 0.1) is 0 Å². The van der Waals surface area contributed by atoms with E-state index in [1.807, 2.05) is 24.3 Å². The van der Waals surface area contributed by atoms with Crippen molar-refractivity contribution in [1.82, 2.24) is 15.0 Å². The number of aromatic amines is 1. The number of aromatic nitrogens is 3. The van der Waals surface area contributed by atoms with E-state index in [1.54, 1.807) is 0 Å². The first-order valence-electron chi connectivity index (χ1n) is 5.20. The van der Waals surface area contributed by atoms with Crippen LogP contribution >= 0.6 is 12.2 Å². The van der Waals surface area contributed by atoms with E-state index in [1.165, 1.54) is 0 Å². The molecule has 17 heavy (non-hydrogen) atoms. The zero-order valence-corrected chi connectivity index (χ0v) is 9.70. The molecule has 0 aliphatic carbocycles. The summed E-state index contributed by atoms with van der Waals surface area (Å²) in [5.41, 5.74) is 6.76. The lowest BCUT2D eigenvalue weighted by molar-refractivity contribution is 0.227. The monoisotopic (exact) mass is 246 g/mol. The largest absolute Gasteiger partial charge is 0.482 e. The van der Waals surface area contributed by atoms with Crippen LogP contribution in [0.3, 0.4) is 0 Å². The van der Waals surface area contributed by atoms with E-state index in [-0.39, 0.29) is 16.8 Å². The van der Waals surface area contributed by atoms with Crippen LogP contribution in [0, 0.1) is 4.77 Å². The third kappa shape index (κ3) is 1.87. The number of nitrogens with two attached hydrogens (primary N) is 1. The van der Waals surface area contributed by atoms with Crippen LogP contribution in [0.5, 0.6) is 5.75 Å². The smallest absolute Gasteiger partial charge is 0.224 e. The average Bonchev–Trinajstić information content (AvgIpc) is 2.71. The molecule has 3 rings (SSSR count). The second kappa shape index (κ2) is 3.81. The lowest BCUT2D eigenvalue weighted by atomic mass is 10.1. The van der Waals surface area contributed by atoms with Crippen molar-refractivity contribution in [2.75, 3.05) is 5.73 Å². The van der Waals surface area contributed by atoms with E-state index in [0.29, 0.717) is 5.82 Å². The summed E-state index contributed by atoms with van der Waals surface area (Å²) in [5, 5.41) is 0. The molecule has 0 radical (unpaired) electrons. The Morgan fingerprint density at radius 2 is 2.18 bits per heavy atom. The summed E-state index contributed by atoms with van der Waals surface area (Å²) in [6.07, 6.45) is 0.595. The van der Waals surface area contributed by atoms with Crippen LogP contribution in [0.2, 0.25) is 0 Å². The van der Waals surface area contributed by atoms with Gasteiger partial charge < -0.3 is 15.5 Å². The standard InChI is InChI=1S/C11H10N4OS/c12-10-13-9(14-11(17)15-10)8-5-6-3-1-2-4-7(6)16-8/h1-4,8H,5H2,(H3,12,13,14,15,17). The molecule has 0 spiro atoms. The van der Waals surface area contributed by atoms with E-state index >= 15 is 0 Å². The highest BCUT2D eigenvalue weighted by Crippen LogP contribution is 2.34. The predicted molar refractivity (Wildman–Crippen MR) is 65.1 cm³/mol. The van der Waals surface area contributed by atoms with Crippen molar-refractivity contribution in [2.45, 2.75) is 12.5 Å². The molecule has 0 saturated heterocycles. The predicted octanol–water partition coefficient (Wildman–Crippen LogP) is 1.79. The molecule has 1 aromatic heterocycles. The fourth-order valence-electron chi connectivity index (χ4n) is 1.91. The number of hydrogen-bond acceptors (Lipinski definition) is 5. The molecule has 2 aromatic rings. The molecule has 5 nitrogen and oxygen atoms in total. The van der Waals surface area contributed by atoms with Crippen LogP contribution in [0.1, 0.15) is 17.5 Å². The molecule has 3 N–H and O–H groups in total.